The SMILES string of the molecule is CC1=CC(CNCc2cccnc2)C(C(C)C)CC1Cc1nnc(Cc2c[nH]c3ccccc23)o1. The van der Waals surface area contributed by atoms with Crippen LogP contribution in [0.15, 0.2) is 71.1 Å². The molecular formula is C29H35N5O. The van der Waals surface area contributed by atoms with Gasteiger partial charge in [-0.05, 0) is 60.3 Å². The summed E-state index contributed by atoms with van der Waals surface area (Å²) in [6.07, 6.45) is 10.9. The molecule has 0 fully saturated rings. The molecule has 0 radical (unpaired) electrons. The Balaban J connectivity index is 1.22. The first-order valence-electron chi connectivity index (χ1n) is 12.7. The van der Waals surface area contributed by atoms with Crippen LogP contribution in [0.4, 0.5) is 0 Å². The highest BCUT2D eigenvalue weighted by molar-refractivity contribution is 5.83. The van der Waals surface area contributed by atoms with Crippen molar-refractivity contribution in [1.82, 2.24) is 25.5 Å². The van der Waals surface area contributed by atoms with E-state index in [0.29, 0.717) is 36.0 Å². The molecule has 2 N–H and O–H groups in total. The zero-order valence-corrected chi connectivity index (χ0v) is 20.9. The summed E-state index contributed by atoms with van der Waals surface area (Å²) in [7, 11) is 0. The Morgan fingerprint density at radius 1 is 1.11 bits per heavy atom. The first kappa shape index (κ1) is 23.5. The van der Waals surface area contributed by atoms with Gasteiger partial charge in [0, 0.05) is 49.0 Å². The minimum atomic E-state index is 0.443. The summed E-state index contributed by atoms with van der Waals surface area (Å²) in [5, 5.41) is 13.6. The van der Waals surface area contributed by atoms with Crippen LogP contribution >= 0.6 is 0 Å². The quantitative estimate of drug-likeness (QED) is 0.306. The molecular weight excluding hydrogens is 434 g/mol. The number of fused-ring (bicyclic) bond motifs is 1. The number of hydrogen-bond acceptors (Lipinski definition) is 5. The highest BCUT2D eigenvalue weighted by Crippen LogP contribution is 2.38. The van der Waals surface area contributed by atoms with Gasteiger partial charge in [0.25, 0.3) is 0 Å². The van der Waals surface area contributed by atoms with E-state index in [1.54, 1.807) is 0 Å². The van der Waals surface area contributed by atoms with Crippen LogP contribution in [-0.4, -0.2) is 26.7 Å². The lowest BCUT2D eigenvalue weighted by atomic mass is 9.70. The van der Waals surface area contributed by atoms with E-state index in [1.807, 2.05) is 30.7 Å². The average Bonchev–Trinajstić information content (AvgIpc) is 3.48. The molecule has 0 saturated heterocycles. The number of pyridine rings is 1. The van der Waals surface area contributed by atoms with Gasteiger partial charge in [0.05, 0.1) is 6.42 Å². The summed E-state index contributed by atoms with van der Waals surface area (Å²) in [5.41, 5.74) is 4.98. The third-order valence-corrected chi connectivity index (χ3v) is 7.46. The molecule has 182 valence electrons. The van der Waals surface area contributed by atoms with Gasteiger partial charge >= 0.3 is 0 Å². The lowest BCUT2D eigenvalue weighted by molar-refractivity contribution is 0.217. The number of aromatic nitrogens is 4. The minimum absolute atomic E-state index is 0.443. The lowest BCUT2D eigenvalue weighted by Gasteiger charge is -2.37. The molecule has 3 unspecified atom stereocenters. The average molecular weight is 470 g/mol. The molecule has 3 aromatic heterocycles. The van der Waals surface area contributed by atoms with Crippen LogP contribution in [0.1, 0.15) is 50.1 Å². The van der Waals surface area contributed by atoms with Crippen LogP contribution in [0.5, 0.6) is 0 Å². The van der Waals surface area contributed by atoms with Gasteiger partial charge in [0.1, 0.15) is 0 Å². The first-order valence-corrected chi connectivity index (χ1v) is 12.7. The smallest absolute Gasteiger partial charge is 0.221 e. The molecule has 6 heteroatoms. The Bertz CT molecular complexity index is 1270. The van der Waals surface area contributed by atoms with Crippen molar-refractivity contribution in [2.24, 2.45) is 23.7 Å². The Morgan fingerprint density at radius 3 is 2.80 bits per heavy atom. The van der Waals surface area contributed by atoms with E-state index in [-0.39, 0.29) is 0 Å². The fourth-order valence-corrected chi connectivity index (χ4v) is 5.49. The minimum Gasteiger partial charge on any atom is -0.425 e. The van der Waals surface area contributed by atoms with Crippen molar-refractivity contribution in [2.75, 3.05) is 6.54 Å². The van der Waals surface area contributed by atoms with E-state index >= 15 is 0 Å². The van der Waals surface area contributed by atoms with Crippen molar-refractivity contribution in [3.63, 3.8) is 0 Å². The highest BCUT2D eigenvalue weighted by Gasteiger charge is 2.32. The van der Waals surface area contributed by atoms with E-state index in [9.17, 15) is 0 Å². The number of aromatic amines is 1. The fraction of sp³-hybridized carbons (Fsp3) is 0.414. The van der Waals surface area contributed by atoms with Gasteiger partial charge in [0.15, 0.2) is 0 Å². The van der Waals surface area contributed by atoms with Crippen molar-refractivity contribution in [2.45, 2.75) is 46.6 Å². The molecule has 0 bridgehead atoms. The van der Waals surface area contributed by atoms with Gasteiger partial charge in [-0.15, -0.1) is 10.2 Å². The molecule has 6 nitrogen and oxygen atoms in total. The monoisotopic (exact) mass is 469 g/mol. The maximum absolute atomic E-state index is 6.11. The molecule has 0 aliphatic heterocycles. The second-order valence-electron chi connectivity index (χ2n) is 10.2. The van der Waals surface area contributed by atoms with Crippen molar-refractivity contribution in [3.05, 3.63) is 89.5 Å². The summed E-state index contributed by atoms with van der Waals surface area (Å²) in [5.74, 6) is 3.64. The number of allylic oxidation sites excluding steroid dienone is 1. The standard InChI is InChI=1S/C29H35N5O/c1-19(2)26-12-22(20(3)11-23(26)17-31-16-21-7-6-10-30-15-21)13-28-33-34-29(35-28)14-24-18-32-27-9-5-4-8-25(24)27/h4-11,15,18-19,22-23,26,31-32H,12-14,16-17H2,1-3H3. The third kappa shape index (κ3) is 5.54. The Kier molecular flexibility index (Phi) is 7.09. The van der Waals surface area contributed by atoms with Gasteiger partial charge in [-0.1, -0.05) is 49.8 Å². The maximum atomic E-state index is 6.11. The number of benzene rings is 1. The summed E-state index contributed by atoms with van der Waals surface area (Å²) < 4.78 is 6.11. The number of para-hydroxylation sites is 1. The van der Waals surface area contributed by atoms with Gasteiger partial charge in [-0.3, -0.25) is 4.98 Å². The number of nitrogens with one attached hydrogen (secondary N) is 2. The van der Waals surface area contributed by atoms with Gasteiger partial charge in [-0.2, -0.15) is 0 Å². The molecule has 3 atom stereocenters. The molecule has 0 spiro atoms. The topological polar surface area (TPSA) is 79.6 Å². The van der Waals surface area contributed by atoms with Crippen LogP contribution in [-0.2, 0) is 19.4 Å². The van der Waals surface area contributed by atoms with Gasteiger partial charge < -0.3 is 14.7 Å². The van der Waals surface area contributed by atoms with Crippen molar-refractivity contribution >= 4 is 10.9 Å². The second-order valence-corrected chi connectivity index (χ2v) is 10.2. The zero-order chi connectivity index (χ0) is 24.2. The van der Waals surface area contributed by atoms with E-state index < -0.39 is 0 Å². The molecule has 1 aromatic carbocycles. The zero-order valence-electron chi connectivity index (χ0n) is 20.9. The maximum Gasteiger partial charge on any atom is 0.221 e. The normalized spacial score (nSPS) is 20.5. The largest absolute Gasteiger partial charge is 0.425 e. The first-order chi connectivity index (χ1) is 17.1. The molecule has 4 aromatic rings. The molecule has 1 aliphatic rings. The van der Waals surface area contributed by atoms with Gasteiger partial charge in [0.2, 0.25) is 11.8 Å². The third-order valence-electron chi connectivity index (χ3n) is 7.46. The fourth-order valence-electron chi connectivity index (χ4n) is 5.49. The number of nitrogens with zero attached hydrogens (tertiary/aromatic N) is 3. The van der Waals surface area contributed by atoms with Crippen LogP contribution in [0.2, 0.25) is 0 Å². The molecule has 35 heavy (non-hydrogen) atoms. The number of rotatable bonds is 9. The molecule has 5 rings (SSSR count). The van der Waals surface area contributed by atoms with E-state index in [1.165, 1.54) is 22.1 Å². The summed E-state index contributed by atoms with van der Waals surface area (Å²) in [6.45, 7) is 8.79. The van der Waals surface area contributed by atoms with Crippen LogP contribution in [0, 0.1) is 23.7 Å². The Labute approximate surface area is 207 Å². The lowest BCUT2D eigenvalue weighted by Crippen LogP contribution is -2.34. The van der Waals surface area contributed by atoms with Crippen molar-refractivity contribution < 1.29 is 4.42 Å². The van der Waals surface area contributed by atoms with Gasteiger partial charge in [-0.25, -0.2) is 0 Å². The molecule has 3 heterocycles. The highest BCUT2D eigenvalue weighted by atomic mass is 16.4. The second kappa shape index (κ2) is 10.6. The predicted octanol–water partition coefficient (Wildman–Crippen LogP) is 5.72. The summed E-state index contributed by atoms with van der Waals surface area (Å²) >= 11 is 0. The molecule has 0 amide bonds. The number of H-pyrrole nitrogens is 1. The molecule has 1 aliphatic carbocycles. The van der Waals surface area contributed by atoms with Crippen LogP contribution in [0.3, 0.4) is 0 Å². The molecule has 0 saturated carbocycles. The summed E-state index contributed by atoms with van der Waals surface area (Å²) in [4.78, 5) is 7.54. The van der Waals surface area contributed by atoms with E-state index in [2.05, 4.69) is 76.6 Å². The Hall–Kier alpha value is -3.25. The Morgan fingerprint density at radius 2 is 1.97 bits per heavy atom. The van der Waals surface area contributed by atoms with Crippen molar-refractivity contribution in [3.8, 4) is 0 Å². The van der Waals surface area contributed by atoms with Crippen LogP contribution in [0.25, 0.3) is 10.9 Å². The van der Waals surface area contributed by atoms with E-state index in [4.69, 9.17) is 4.42 Å². The number of hydrogen-bond donors (Lipinski definition) is 2. The van der Waals surface area contributed by atoms with Crippen LogP contribution < -0.4 is 5.32 Å². The van der Waals surface area contributed by atoms with E-state index in [0.717, 1.165) is 37.3 Å². The van der Waals surface area contributed by atoms with Crippen molar-refractivity contribution in [1.29, 1.82) is 0 Å². The summed E-state index contributed by atoms with van der Waals surface area (Å²) in [6, 6.07) is 12.4. The predicted molar refractivity (Wildman–Crippen MR) is 139 cm³/mol.